The van der Waals surface area contributed by atoms with E-state index in [1.54, 1.807) is 18.9 Å². The molecule has 1 aliphatic heterocycles. The highest BCUT2D eigenvalue weighted by Crippen LogP contribution is 2.34. The number of para-hydroxylation sites is 1. The highest BCUT2D eigenvalue weighted by molar-refractivity contribution is 7.98. The van der Waals surface area contributed by atoms with Crippen LogP contribution in [0.3, 0.4) is 0 Å². The summed E-state index contributed by atoms with van der Waals surface area (Å²) >= 11 is 1.70. The summed E-state index contributed by atoms with van der Waals surface area (Å²) in [6.45, 7) is 1.54. The molecule has 1 aliphatic rings. The summed E-state index contributed by atoms with van der Waals surface area (Å²) in [6.07, 6.45) is 2.30. The van der Waals surface area contributed by atoms with Gasteiger partial charge in [0, 0.05) is 28.9 Å². The second-order valence-electron chi connectivity index (χ2n) is 9.13. The standard InChI is InChI=1S/C30H28N4O2S/c1-35-23-15-13-21(14-16-23)20-37-30-33-32-29(34(30)19-24-10-7-17-36-24)26-18-28(22-8-3-2-4-9-22)31-27-12-6-5-11-25(26)27/h2-6,8-9,11-16,18,24H,7,10,17,19-20H2,1H3. The van der Waals surface area contributed by atoms with Crippen LogP contribution in [-0.2, 0) is 17.0 Å². The van der Waals surface area contributed by atoms with Gasteiger partial charge in [0.2, 0.25) is 0 Å². The van der Waals surface area contributed by atoms with Gasteiger partial charge in [-0.15, -0.1) is 10.2 Å². The summed E-state index contributed by atoms with van der Waals surface area (Å²) in [5, 5.41) is 11.4. The summed E-state index contributed by atoms with van der Waals surface area (Å²) in [5.41, 5.74) is 5.19. The summed E-state index contributed by atoms with van der Waals surface area (Å²) in [6, 6.07) is 28.9. The molecule has 0 N–H and O–H groups in total. The van der Waals surface area contributed by atoms with Crippen molar-refractivity contribution in [1.82, 2.24) is 19.7 Å². The lowest BCUT2D eigenvalue weighted by Crippen LogP contribution is -2.16. The van der Waals surface area contributed by atoms with Gasteiger partial charge >= 0.3 is 0 Å². The number of hydrogen-bond donors (Lipinski definition) is 0. The van der Waals surface area contributed by atoms with E-state index in [-0.39, 0.29) is 6.10 Å². The number of rotatable bonds is 8. The van der Waals surface area contributed by atoms with Crippen LogP contribution in [0.4, 0.5) is 0 Å². The lowest BCUT2D eigenvalue weighted by atomic mass is 10.0. The Kier molecular flexibility index (Phi) is 6.88. The lowest BCUT2D eigenvalue weighted by molar-refractivity contribution is 0.0953. The van der Waals surface area contributed by atoms with Gasteiger partial charge in [-0.25, -0.2) is 4.98 Å². The van der Waals surface area contributed by atoms with Crippen LogP contribution in [0, 0.1) is 0 Å². The van der Waals surface area contributed by atoms with Gasteiger partial charge in [0.1, 0.15) is 5.75 Å². The molecule has 1 atom stereocenters. The van der Waals surface area contributed by atoms with Crippen molar-refractivity contribution in [1.29, 1.82) is 0 Å². The minimum atomic E-state index is 0.164. The third-order valence-electron chi connectivity index (χ3n) is 6.68. The first-order valence-corrected chi connectivity index (χ1v) is 13.5. The summed E-state index contributed by atoms with van der Waals surface area (Å²) < 4.78 is 13.6. The smallest absolute Gasteiger partial charge is 0.191 e. The fraction of sp³-hybridized carbons (Fsp3) is 0.233. The summed E-state index contributed by atoms with van der Waals surface area (Å²) in [4.78, 5) is 4.96. The average molecular weight is 509 g/mol. The molecular formula is C30H28N4O2S. The zero-order valence-corrected chi connectivity index (χ0v) is 21.5. The first-order valence-electron chi connectivity index (χ1n) is 12.5. The van der Waals surface area contributed by atoms with Crippen LogP contribution in [0.15, 0.2) is 90.1 Å². The molecule has 7 heteroatoms. The molecule has 1 unspecified atom stereocenters. The van der Waals surface area contributed by atoms with E-state index in [1.807, 2.05) is 36.4 Å². The second-order valence-corrected chi connectivity index (χ2v) is 10.1. The van der Waals surface area contributed by atoms with Crippen molar-refractivity contribution in [3.05, 3.63) is 90.5 Å². The van der Waals surface area contributed by atoms with Gasteiger partial charge in [0.25, 0.3) is 0 Å². The van der Waals surface area contributed by atoms with Crippen LogP contribution in [0.2, 0.25) is 0 Å². The van der Waals surface area contributed by atoms with E-state index in [0.717, 1.165) is 76.2 Å². The van der Waals surface area contributed by atoms with Crippen molar-refractivity contribution < 1.29 is 9.47 Å². The first-order chi connectivity index (χ1) is 18.3. The van der Waals surface area contributed by atoms with Gasteiger partial charge in [-0.3, -0.25) is 4.57 Å². The predicted octanol–water partition coefficient (Wildman–Crippen LogP) is 6.64. The monoisotopic (exact) mass is 508 g/mol. The Morgan fingerprint density at radius 1 is 0.973 bits per heavy atom. The minimum Gasteiger partial charge on any atom is -0.497 e. The maximum atomic E-state index is 6.03. The van der Waals surface area contributed by atoms with Crippen molar-refractivity contribution in [3.8, 4) is 28.4 Å². The van der Waals surface area contributed by atoms with Crippen LogP contribution in [0.1, 0.15) is 18.4 Å². The molecular weight excluding hydrogens is 480 g/mol. The SMILES string of the molecule is COc1ccc(CSc2nnc(-c3cc(-c4ccccc4)nc4ccccc34)n2CC2CCCO2)cc1. The Morgan fingerprint density at radius 2 is 1.78 bits per heavy atom. The number of hydrogen-bond acceptors (Lipinski definition) is 6. The minimum absolute atomic E-state index is 0.164. The van der Waals surface area contributed by atoms with Crippen molar-refractivity contribution >= 4 is 22.7 Å². The van der Waals surface area contributed by atoms with Crippen molar-refractivity contribution in [2.45, 2.75) is 36.4 Å². The Bertz CT molecular complexity index is 1500. The topological polar surface area (TPSA) is 62.1 Å². The van der Waals surface area contributed by atoms with Gasteiger partial charge in [0.05, 0.1) is 31.0 Å². The fourth-order valence-electron chi connectivity index (χ4n) is 4.74. The molecule has 37 heavy (non-hydrogen) atoms. The zero-order valence-electron chi connectivity index (χ0n) is 20.7. The van der Waals surface area contributed by atoms with Crippen LogP contribution in [0.25, 0.3) is 33.5 Å². The summed E-state index contributed by atoms with van der Waals surface area (Å²) in [7, 11) is 1.69. The highest BCUT2D eigenvalue weighted by atomic mass is 32.2. The van der Waals surface area contributed by atoms with E-state index in [4.69, 9.17) is 19.6 Å². The quantitative estimate of drug-likeness (QED) is 0.219. The van der Waals surface area contributed by atoms with Crippen molar-refractivity contribution in [2.75, 3.05) is 13.7 Å². The molecule has 0 radical (unpaired) electrons. The van der Waals surface area contributed by atoms with E-state index >= 15 is 0 Å². The third-order valence-corrected chi connectivity index (χ3v) is 7.72. The summed E-state index contributed by atoms with van der Waals surface area (Å²) in [5.74, 6) is 2.50. The van der Waals surface area contributed by atoms with Gasteiger partial charge in [-0.2, -0.15) is 0 Å². The maximum absolute atomic E-state index is 6.03. The van der Waals surface area contributed by atoms with E-state index < -0.39 is 0 Å². The van der Waals surface area contributed by atoms with E-state index in [9.17, 15) is 0 Å². The maximum Gasteiger partial charge on any atom is 0.191 e. The number of methoxy groups -OCH3 is 1. The van der Waals surface area contributed by atoms with Crippen LogP contribution < -0.4 is 4.74 Å². The molecule has 1 saturated heterocycles. The highest BCUT2D eigenvalue weighted by Gasteiger charge is 2.23. The molecule has 0 amide bonds. The number of pyridine rings is 1. The molecule has 3 aromatic carbocycles. The van der Waals surface area contributed by atoms with E-state index in [0.29, 0.717) is 0 Å². The number of nitrogens with zero attached hydrogens (tertiary/aromatic N) is 4. The number of benzene rings is 3. The predicted molar refractivity (Wildman–Crippen MR) is 148 cm³/mol. The van der Waals surface area contributed by atoms with Crippen molar-refractivity contribution in [2.24, 2.45) is 0 Å². The number of aromatic nitrogens is 4. The molecule has 186 valence electrons. The second kappa shape index (κ2) is 10.7. The number of fused-ring (bicyclic) bond motifs is 1. The van der Waals surface area contributed by atoms with Gasteiger partial charge in [0.15, 0.2) is 11.0 Å². The third kappa shape index (κ3) is 5.10. The molecule has 6 nitrogen and oxygen atoms in total. The molecule has 0 saturated carbocycles. The average Bonchev–Trinajstić information content (AvgIpc) is 3.62. The van der Waals surface area contributed by atoms with E-state index in [1.165, 1.54) is 5.56 Å². The van der Waals surface area contributed by atoms with Gasteiger partial charge < -0.3 is 9.47 Å². The number of thioether (sulfide) groups is 1. The van der Waals surface area contributed by atoms with Crippen molar-refractivity contribution in [3.63, 3.8) is 0 Å². The lowest BCUT2D eigenvalue weighted by Gasteiger charge is -2.16. The Balaban J connectivity index is 1.42. The molecule has 2 aromatic heterocycles. The number of ether oxygens (including phenoxy) is 2. The molecule has 0 bridgehead atoms. The van der Waals surface area contributed by atoms with Crippen LogP contribution in [-0.4, -0.2) is 39.6 Å². The Morgan fingerprint density at radius 3 is 2.57 bits per heavy atom. The molecule has 5 aromatic rings. The first kappa shape index (κ1) is 23.7. The normalized spacial score (nSPS) is 15.3. The van der Waals surface area contributed by atoms with Crippen LogP contribution >= 0.6 is 11.8 Å². The van der Waals surface area contributed by atoms with Gasteiger partial charge in [-0.1, -0.05) is 72.4 Å². The van der Waals surface area contributed by atoms with E-state index in [2.05, 4.69) is 58.2 Å². The Labute approximate surface area is 220 Å². The zero-order chi connectivity index (χ0) is 25.0. The molecule has 0 spiro atoms. The molecule has 0 aliphatic carbocycles. The largest absolute Gasteiger partial charge is 0.497 e. The molecule has 6 rings (SSSR count). The van der Waals surface area contributed by atoms with Gasteiger partial charge in [-0.05, 0) is 42.7 Å². The van der Waals surface area contributed by atoms with Crippen LogP contribution in [0.5, 0.6) is 5.75 Å². The fourth-order valence-corrected chi connectivity index (χ4v) is 5.64. The molecule has 1 fully saturated rings. The molecule has 3 heterocycles. The Hall–Kier alpha value is -3.68.